The van der Waals surface area contributed by atoms with Crippen molar-refractivity contribution in [3.8, 4) is 17.3 Å². The predicted molar refractivity (Wildman–Crippen MR) is 149 cm³/mol. The second-order valence-corrected chi connectivity index (χ2v) is 10.5. The summed E-state index contributed by atoms with van der Waals surface area (Å²) in [6.07, 6.45) is 5.50. The standard InChI is InChI=1S/C28H31N9O4/c1-39-15-16-40-20-8-6-19(7-9-20)34-10-12-35(13-11-34)27(38)23(18-4-5-18)36-17-21-24(32-36)31-28(29)37-26(21)30-25(33-37)22-3-2-14-41-22/h2-3,6-9,14,17-18,23H,4-5,10-13,15-16H2,1H3,(H2,29,31,32)/p+1. The van der Waals surface area contributed by atoms with Crippen molar-refractivity contribution in [3.05, 3.63) is 48.9 Å². The third kappa shape index (κ3) is 4.82. The molecule has 0 radical (unpaired) electrons. The first-order chi connectivity index (χ1) is 20.1. The van der Waals surface area contributed by atoms with Gasteiger partial charge >= 0.3 is 0 Å². The molecule has 1 saturated carbocycles. The number of aromatic amines is 1. The summed E-state index contributed by atoms with van der Waals surface area (Å²) in [5, 5.41) is 8.53. The van der Waals surface area contributed by atoms with Crippen molar-refractivity contribution in [1.29, 1.82) is 0 Å². The molecule has 5 heterocycles. The molecule has 3 N–H and O–H groups in total. The van der Waals surface area contributed by atoms with Gasteiger partial charge in [0.2, 0.25) is 23.6 Å². The Bertz CT molecular complexity index is 1670. The summed E-state index contributed by atoms with van der Waals surface area (Å²) in [6.45, 7) is 3.91. The van der Waals surface area contributed by atoms with E-state index < -0.39 is 0 Å². The number of hydrogen-bond acceptors (Lipinski definition) is 9. The van der Waals surface area contributed by atoms with Crippen LogP contribution in [0.1, 0.15) is 18.9 Å². The number of nitrogens with one attached hydrogen (secondary N) is 1. The number of anilines is 2. The third-order valence-electron chi connectivity index (χ3n) is 7.76. The fourth-order valence-corrected chi connectivity index (χ4v) is 5.46. The zero-order valence-corrected chi connectivity index (χ0v) is 22.8. The molecule has 0 spiro atoms. The minimum absolute atomic E-state index is 0.118. The first-order valence-corrected chi connectivity index (χ1v) is 13.8. The Hall–Kier alpha value is -4.65. The summed E-state index contributed by atoms with van der Waals surface area (Å²) in [4.78, 5) is 27.4. The summed E-state index contributed by atoms with van der Waals surface area (Å²) >= 11 is 0. The van der Waals surface area contributed by atoms with Crippen LogP contribution in [-0.2, 0) is 9.53 Å². The molecule has 4 aromatic heterocycles. The molecule has 1 atom stereocenters. The van der Waals surface area contributed by atoms with Crippen LogP contribution in [0.3, 0.4) is 0 Å². The highest BCUT2D eigenvalue weighted by atomic mass is 16.5. The molecule has 2 fully saturated rings. The first-order valence-electron chi connectivity index (χ1n) is 13.8. The maximum Gasteiger partial charge on any atom is 0.294 e. The molecule has 0 bridgehead atoms. The van der Waals surface area contributed by atoms with Crippen LogP contribution in [0.25, 0.3) is 28.3 Å². The van der Waals surface area contributed by atoms with E-state index in [0.29, 0.717) is 49.2 Å². The number of carbonyl (C=O) groups excluding carboxylic acids is 1. The molecule has 212 valence electrons. The molecule has 1 aliphatic heterocycles. The van der Waals surface area contributed by atoms with E-state index in [4.69, 9.17) is 19.6 Å². The van der Waals surface area contributed by atoms with Crippen LogP contribution in [0.5, 0.6) is 5.75 Å². The molecule has 5 aromatic rings. The molecule has 13 heteroatoms. The second-order valence-electron chi connectivity index (χ2n) is 10.5. The molecule has 2 aliphatic rings. The number of nitrogens with zero attached hydrogens (tertiary/aromatic N) is 7. The number of rotatable bonds is 9. The Morgan fingerprint density at radius 2 is 1.95 bits per heavy atom. The number of piperazine rings is 1. The summed E-state index contributed by atoms with van der Waals surface area (Å²) in [6, 6.07) is 11.3. The molecule has 1 aliphatic carbocycles. The minimum atomic E-state index is -0.340. The minimum Gasteiger partial charge on any atom is -0.491 e. The second kappa shape index (κ2) is 10.4. The van der Waals surface area contributed by atoms with E-state index in [2.05, 4.69) is 37.2 Å². The van der Waals surface area contributed by atoms with Gasteiger partial charge in [-0.15, -0.1) is 14.9 Å². The Kier molecular flexibility index (Phi) is 6.42. The van der Waals surface area contributed by atoms with E-state index in [1.165, 1.54) is 4.52 Å². The van der Waals surface area contributed by atoms with Crippen LogP contribution < -0.4 is 20.1 Å². The van der Waals surface area contributed by atoms with Gasteiger partial charge in [-0.2, -0.15) is 9.50 Å². The van der Waals surface area contributed by atoms with Crippen LogP contribution in [-0.4, -0.2) is 82.0 Å². The van der Waals surface area contributed by atoms with Gasteiger partial charge in [0, 0.05) is 44.9 Å². The predicted octanol–water partition coefficient (Wildman–Crippen LogP) is 2.06. The van der Waals surface area contributed by atoms with Crippen molar-refractivity contribution in [2.24, 2.45) is 5.92 Å². The lowest BCUT2D eigenvalue weighted by molar-refractivity contribution is -0.763. The molecular weight excluding hydrogens is 526 g/mol. The van der Waals surface area contributed by atoms with Crippen molar-refractivity contribution >= 4 is 34.2 Å². The number of fused-ring (bicyclic) bond motifs is 3. The SMILES string of the molecule is COCCOc1ccc(N2CCN(C(=O)C(C3CC3)[n+]3cc4c(nc(N)n5nc(-c6ccco6)nc45)[nH]3)CC2)cc1. The lowest BCUT2D eigenvalue weighted by atomic mass is 10.1. The van der Waals surface area contributed by atoms with E-state index >= 15 is 0 Å². The number of H-pyrrole nitrogens is 1. The molecule has 1 unspecified atom stereocenters. The molecule has 1 aromatic carbocycles. The number of furan rings is 1. The Morgan fingerprint density at radius 1 is 1.15 bits per heavy atom. The number of benzene rings is 1. The fraction of sp³-hybridized carbons (Fsp3) is 0.393. The van der Waals surface area contributed by atoms with Crippen LogP contribution in [0.2, 0.25) is 0 Å². The molecule has 7 rings (SSSR count). The van der Waals surface area contributed by atoms with E-state index in [1.54, 1.807) is 25.5 Å². The van der Waals surface area contributed by atoms with Crippen molar-refractivity contribution in [3.63, 3.8) is 0 Å². The van der Waals surface area contributed by atoms with Crippen LogP contribution in [0.4, 0.5) is 11.6 Å². The van der Waals surface area contributed by atoms with Gasteiger partial charge < -0.3 is 29.4 Å². The Balaban J connectivity index is 1.09. The van der Waals surface area contributed by atoms with Crippen molar-refractivity contribution < 1.29 is 23.4 Å². The molecule has 41 heavy (non-hydrogen) atoms. The highest BCUT2D eigenvalue weighted by Crippen LogP contribution is 2.38. The van der Waals surface area contributed by atoms with Crippen molar-refractivity contribution in [2.75, 3.05) is 57.1 Å². The largest absolute Gasteiger partial charge is 0.491 e. The summed E-state index contributed by atoms with van der Waals surface area (Å²) < 4.78 is 19.6. The van der Waals surface area contributed by atoms with Gasteiger partial charge in [-0.25, -0.2) is 4.98 Å². The van der Waals surface area contributed by atoms with E-state index in [-0.39, 0.29) is 23.8 Å². The normalized spacial score (nSPS) is 16.5. The zero-order chi connectivity index (χ0) is 27.9. The lowest BCUT2D eigenvalue weighted by Gasteiger charge is -2.36. The number of nitrogens with two attached hydrogens (primary N) is 1. The zero-order valence-electron chi connectivity index (χ0n) is 22.8. The van der Waals surface area contributed by atoms with Crippen LogP contribution >= 0.6 is 0 Å². The van der Waals surface area contributed by atoms with Gasteiger partial charge in [-0.05, 0) is 49.2 Å². The number of ether oxygens (including phenoxy) is 2. The van der Waals surface area contributed by atoms with Gasteiger partial charge in [0.15, 0.2) is 11.4 Å². The monoisotopic (exact) mass is 558 g/mol. The number of hydrogen-bond donors (Lipinski definition) is 2. The molecular formula is C28H32N9O4+. The Morgan fingerprint density at radius 3 is 2.66 bits per heavy atom. The molecule has 1 saturated heterocycles. The van der Waals surface area contributed by atoms with Crippen molar-refractivity contribution in [1.82, 2.24) is 29.6 Å². The lowest BCUT2D eigenvalue weighted by Crippen LogP contribution is -2.56. The smallest absolute Gasteiger partial charge is 0.294 e. The maximum absolute atomic E-state index is 13.9. The van der Waals surface area contributed by atoms with Gasteiger partial charge in [0.1, 0.15) is 17.7 Å². The number of carbonyl (C=O) groups is 1. The highest BCUT2D eigenvalue weighted by molar-refractivity contribution is 5.89. The average Bonchev–Trinajstić information content (AvgIpc) is 3.35. The highest BCUT2D eigenvalue weighted by Gasteiger charge is 2.47. The number of amides is 1. The van der Waals surface area contributed by atoms with E-state index in [0.717, 1.165) is 42.8 Å². The Labute approximate surface area is 235 Å². The quantitative estimate of drug-likeness (QED) is 0.205. The summed E-state index contributed by atoms with van der Waals surface area (Å²) in [7, 11) is 1.66. The van der Waals surface area contributed by atoms with Gasteiger partial charge in [0.05, 0.1) is 12.9 Å². The van der Waals surface area contributed by atoms with Crippen LogP contribution in [0.15, 0.2) is 53.3 Å². The van der Waals surface area contributed by atoms with Gasteiger partial charge in [-0.3, -0.25) is 4.79 Å². The summed E-state index contributed by atoms with van der Waals surface area (Å²) in [5.74, 6) is 2.37. The number of aromatic nitrogens is 6. The number of nitrogen functional groups attached to an aromatic ring is 1. The molecule has 1 amide bonds. The van der Waals surface area contributed by atoms with E-state index in [9.17, 15) is 4.79 Å². The molecule has 13 nitrogen and oxygen atoms in total. The maximum atomic E-state index is 13.9. The van der Waals surface area contributed by atoms with Crippen LogP contribution in [0, 0.1) is 5.92 Å². The van der Waals surface area contributed by atoms with E-state index in [1.807, 2.05) is 27.9 Å². The fourth-order valence-electron chi connectivity index (χ4n) is 5.46. The van der Waals surface area contributed by atoms with Gasteiger partial charge in [0.25, 0.3) is 11.9 Å². The van der Waals surface area contributed by atoms with Gasteiger partial charge in [-0.1, -0.05) is 0 Å². The third-order valence-corrected chi connectivity index (χ3v) is 7.76. The van der Waals surface area contributed by atoms with Crippen molar-refractivity contribution in [2.45, 2.75) is 18.9 Å². The first kappa shape index (κ1) is 25.3. The topological polar surface area (TPSA) is 144 Å². The average molecular weight is 559 g/mol. The number of methoxy groups -OCH3 is 1. The summed E-state index contributed by atoms with van der Waals surface area (Å²) in [5.41, 5.74) is 8.45.